The van der Waals surface area contributed by atoms with Crippen LogP contribution in [0.3, 0.4) is 0 Å². The molecular formula is C15H17FN4O3S. The van der Waals surface area contributed by atoms with Crippen molar-refractivity contribution < 1.29 is 18.7 Å². The van der Waals surface area contributed by atoms with E-state index in [0.29, 0.717) is 23.2 Å². The zero-order valence-electron chi connectivity index (χ0n) is 13.3. The maximum atomic E-state index is 13.3. The number of methoxy groups -OCH3 is 1. The van der Waals surface area contributed by atoms with Crippen LogP contribution in [0.25, 0.3) is 0 Å². The molecule has 1 heterocycles. The molecule has 0 unspecified atom stereocenters. The van der Waals surface area contributed by atoms with Gasteiger partial charge in [-0.3, -0.25) is 9.59 Å². The maximum Gasteiger partial charge on any atom is 0.217 e. The second-order valence-electron chi connectivity index (χ2n) is 4.98. The normalized spacial score (nSPS) is 10.6. The van der Waals surface area contributed by atoms with E-state index in [0.717, 1.165) is 6.07 Å². The van der Waals surface area contributed by atoms with Gasteiger partial charge in [-0.05, 0) is 18.2 Å². The van der Waals surface area contributed by atoms with Crippen molar-refractivity contribution in [2.24, 2.45) is 12.8 Å². The summed E-state index contributed by atoms with van der Waals surface area (Å²) in [7, 11) is 3.16. The topological polar surface area (TPSA) is 100 Å². The van der Waals surface area contributed by atoms with Crippen LogP contribution in [0, 0.1) is 5.82 Å². The van der Waals surface area contributed by atoms with Gasteiger partial charge in [0.05, 0.1) is 18.4 Å². The Kier molecular flexibility index (Phi) is 5.91. The highest BCUT2D eigenvalue weighted by Crippen LogP contribution is 2.23. The van der Waals surface area contributed by atoms with Crippen LogP contribution >= 0.6 is 11.8 Å². The molecule has 0 aliphatic heterocycles. The van der Waals surface area contributed by atoms with Gasteiger partial charge in [-0.25, -0.2) is 4.39 Å². The van der Waals surface area contributed by atoms with Crippen LogP contribution in [-0.2, 0) is 18.3 Å². The van der Waals surface area contributed by atoms with Crippen molar-refractivity contribution in [2.75, 3.05) is 12.9 Å². The molecule has 0 aliphatic rings. The Morgan fingerprint density at radius 1 is 1.38 bits per heavy atom. The summed E-state index contributed by atoms with van der Waals surface area (Å²) >= 11 is 1.18. The molecule has 2 rings (SSSR count). The van der Waals surface area contributed by atoms with E-state index >= 15 is 0 Å². The standard InChI is InChI=1S/C15H17FN4O3S/c1-20-14(6-5-13(17)22)18-19-15(20)24-8-11(21)10-7-9(16)3-4-12(10)23-2/h3-4,7H,5-6,8H2,1-2H3,(H2,17,22). The van der Waals surface area contributed by atoms with E-state index < -0.39 is 11.7 Å². The first-order valence-electron chi connectivity index (χ1n) is 7.08. The fourth-order valence-electron chi connectivity index (χ4n) is 2.03. The van der Waals surface area contributed by atoms with E-state index in [9.17, 15) is 14.0 Å². The second kappa shape index (κ2) is 7.91. The number of halogens is 1. The summed E-state index contributed by atoms with van der Waals surface area (Å²) in [6.07, 6.45) is 0.557. The molecule has 0 saturated carbocycles. The average Bonchev–Trinajstić information content (AvgIpc) is 2.90. The molecule has 0 radical (unpaired) electrons. The summed E-state index contributed by atoms with van der Waals surface area (Å²) in [6.45, 7) is 0. The predicted molar refractivity (Wildman–Crippen MR) is 86.5 cm³/mol. The zero-order valence-corrected chi connectivity index (χ0v) is 14.1. The highest BCUT2D eigenvalue weighted by molar-refractivity contribution is 7.99. The van der Waals surface area contributed by atoms with E-state index in [4.69, 9.17) is 10.5 Å². The zero-order chi connectivity index (χ0) is 17.7. The quantitative estimate of drug-likeness (QED) is 0.569. The van der Waals surface area contributed by atoms with Crippen LogP contribution in [0.2, 0.25) is 0 Å². The van der Waals surface area contributed by atoms with Crippen molar-refractivity contribution >= 4 is 23.5 Å². The van der Waals surface area contributed by atoms with E-state index in [1.54, 1.807) is 11.6 Å². The SMILES string of the molecule is COc1ccc(F)cc1C(=O)CSc1nnc(CCC(N)=O)n1C. The summed E-state index contributed by atoms with van der Waals surface area (Å²) in [5.74, 6) is -0.217. The van der Waals surface area contributed by atoms with Gasteiger partial charge >= 0.3 is 0 Å². The average molecular weight is 352 g/mol. The number of nitrogens with two attached hydrogens (primary N) is 1. The molecule has 1 amide bonds. The first-order chi connectivity index (χ1) is 11.4. The van der Waals surface area contributed by atoms with Gasteiger partial charge in [0, 0.05) is 19.9 Å². The molecule has 128 valence electrons. The van der Waals surface area contributed by atoms with Gasteiger partial charge < -0.3 is 15.0 Å². The van der Waals surface area contributed by atoms with Crippen molar-refractivity contribution in [3.8, 4) is 5.75 Å². The number of hydrogen-bond donors (Lipinski definition) is 1. The minimum atomic E-state index is -0.503. The summed E-state index contributed by atoms with van der Waals surface area (Å²) in [6, 6.07) is 3.80. The van der Waals surface area contributed by atoms with E-state index in [1.165, 1.54) is 31.0 Å². The number of carbonyl (C=O) groups is 2. The lowest BCUT2D eigenvalue weighted by atomic mass is 10.1. The molecule has 24 heavy (non-hydrogen) atoms. The Balaban J connectivity index is 2.04. The Morgan fingerprint density at radius 3 is 2.79 bits per heavy atom. The van der Waals surface area contributed by atoms with Gasteiger partial charge in [0.1, 0.15) is 17.4 Å². The molecule has 0 spiro atoms. The van der Waals surface area contributed by atoms with Gasteiger partial charge in [0.15, 0.2) is 10.9 Å². The maximum absolute atomic E-state index is 13.3. The molecule has 1 aromatic heterocycles. The molecule has 7 nitrogen and oxygen atoms in total. The highest BCUT2D eigenvalue weighted by atomic mass is 32.2. The molecule has 2 aromatic rings. The fourth-order valence-corrected chi connectivity index (χ4v) is 2.84. The number of aryl methyl sites for hydroxylation is 1. The number of rotatable bonds is 8. The highest BCUT2D eigenvalue weighted by Gasteiger charge is 2.16. The van der Waals surface area contributed by atoms with Crippen LogP contribution in [0.5, 0.6) is 5.75 Å². The number of nitrogens with zero attached hydrogens (tertiary/aromatic N) is 3. The van der Waals surface area contributed by atoms with Crippen molar-refractivity contribution in [3.63, 3.8) is 0 Å². The number of ketones is 1. The number of benzene rings is 1. The Bertz CT molecular complexity index is 763. The Hall–Kier alpha value is -2.42. The lowest BCUT2D eigenvalue weighted by molar-refractivity contribution is -0.118. The number of ether oxygens (including phenoxy) is 1. The summed E-state index contributed by atoms with van der Waals surface area (Å²) in [4.78, 5) is 23.1. The molecular weight excluding hydrogens is 335 g/mol. The second-order valence-corrected chi connectivity index (χ2v) is 5.92. The number of hydrogen-bond acceptors (Lipinski definition) is 6. The first-order valence-corrected chi connectivity index (χ1v) is 8.07. The first kappa shape index (κ1) is 17.9. The molecule has 2 N–H and O–H groups in total. The molecule has 1 aromatic carbocycles. The Morgan fingerprint density at radius 2 is 2.12 bits per heavy atom. The van der Waals surface area contributed by atoms with Gasteiger partial charge in [-0.2, -0.15) is 0 Å². The number of Topliss-reactive ketones (excluding diaryl/α,β-unsaturated/α-hetero) is 1. The van der Waals surface area contributed by atoms with Gasteiger partial charge in [0.2, 0.25) is 5.91 Å². The minimum Gasteiger partial charge on any atom is -0.496 e. The summed E-state index contributed by atoms with van der Waals surface area (Å²) < 4.78 is 20.1. The monoisotopic (exact) mass is 352 g/mol. The van der Waals surface area contributed by atoms with Crippen molar-refractivity contribution in [1.82, 2.24) is 14.8 Å². The fraction of sp³-hybridized carbons (Fsp3) is 0.333. The van der Waals surface area contributed by atoms with E-state index in [1.807, 2.05) is 0 Å². The summed E-state index contributed by atoms with van der Waals surface area (Å²) in [5, 5.41) is 8.49. The molecule has 0 saturated heterocycles. The van der Waals surface area contributed by atoms with Crippen molar-refractivity contribution in [2.45, 2.75) is 18.0 Å². The predicted octanol–water partition coefficient (Wildman–Crippen LogP) is 1.36. The largest absolute Gasteiger partial charge is 0.496 e. The van der Waals surface area contributed by atoms with Gasteiger partial charge in [-0.15, -0.1) is 10.2 Å². The van der Waals surface area contributed by atoms with E-state index in [-0.39, 0.29) is 23.5 Å². The third-order valence-corrected chi connectivity index (χ3v) is 4.33. The lowest BCUT2D eigenvalue weighted by Crippen LogP contribution is -2.13. The summed E-state index contributed by atoms with van der Waals surface area (Å²) in [5.41, 5.74) is 5.29. The van der Waals surface area contributed by atoms with E-state index in [2.05, 4.69) is 10.2 Å². The van der Waals surface area contributed by atoms with Crippen LogP contribution < -0.4 is 10.5 Å². The molecule has 0 fully saturated rings. The number of amides is 1. The van der Waals surface area contributed by atoms with Crippen LogP contribution in [0.15, 0.2) is 23.4 Å². The van der Waals surface area contributed by atoms with Crippen LogP contribution in [0.1, 0.15) is 22.6 Å². The molecule has 0 aliphatic carbocycles. The molecule has 0 bridgehead atoms. The number of carbonyl (C=O) groups excluding carboxylic acids is 2. The van der Waals surface area contributed by atoms with Crippen molar-refractivity contribution in [3.05, 3.63) is 35.4 Å². The number of thioether (sulfide) groups is 1. The van der Waals surface area contributed by atoms with Crippen LogP contribution in [-0.4, -0.2) is 39.3 Å². The molecule has 0 atom stereocenters. The number of aromatic nitrogens is 3. The third-order valence-electron chi connectivity index (χ3n) is 3.31. The molecule has 9 heteroatoms. The minimum absolute atomic E-state index is 0.0571. The van der Waals surface area contributed by atoms with Crippen LogP contribution in [0.4, 0.5) is 4.39 Å². The third kappa shape index (κ3) is 4.31. The number of primary amides is 1. The van der Waals surface area contributed by atoms with Crippen molar-refractivity contribution in [1.29, 1.82) is 0 Å². The Labute approximate surface area is 142 Å². The lowest BCUT2D eigenvalue weighted by Gasteiger charge is -2.07. The van der Waals surface area contributed by atoms with Gasteiger partial charge in [0.25, 0.3) is 0 Å². The van der Waals surface area contributed by atoms with Gasteiger partial charge in [-0.1, -0.05) is 11.8 Å². The smallest absolute Gasteiger partial charge is 0.217 e.